The third-order valence-electron chi connectivity index (χ3n) is 6.64. The second kappa shape index (κ2) is 13.0. The summed E-state index contributed by atoms with van der Waals surface area (Å²) in [5, 5.41) is 32.0. The Morgan fingerprint density at radius 1 is 0.816 bits per heavy atom. The van der Waals surface area contributed by atoms with Crippen molar-refractivity contribution in [2.75, 3.05) is 22.9 Å². The van der Waals surface area contributed by atoms with Crippen LogP contribution >= 0.6 is 0 Å². The normalized spacial score (nSPS) is 14.0. The quantitative estimate of drug-likeness (QED) is 0.280. The van der Waals surface area contributed by atoms with Gasteiger partial charge in [0.05, 0.1) is 16.9 Å². The molecule has 0 saturated carbocycles. The van der Waals surface area contributed by atoms with E-state index in [0.717, 1.165) is 31.3 Å². The summed E-state index contributed by atoms with van der Waals surface area (Å²) in [5.41, 5.74) is 5.24. The number of aromatic hydroxyl groups is 3. The molecule has 0 spiro atoms. The molecule has 38 heavy (non-hydrogen) atoms. The molecule has 6 nitrogen and oxygen atoms in total. The van der Waals surface area contributed by atoms with Gasteiger partial charge < -0.3 is 25.1 Å². The van der Waals surface area contributed by atoms with Gasteiger partial charge >= 0.3 is 0 Å². The smallest absolute Gasteiger partial charge is 0.260 e. The molecule has 0 unspecified atom stereocenters. The van der Waals surface area contributed by atoms with Gasteiger partial charge in [0.2, 0.25) is 0 Å². The molecule has 1 amide bonds. The molecule has 1 aliphatic rings. The van der Waals surface area contributed by atoms with Gasteiger partial charge in [0.25, 0.3) is 5.91 Å². The number of fused-ring (bicyclic) bond motifs is 2. The molecule has 0 atom stereocenters. The van der Waals surface area contributed by atoms with Crippen molar-refractivity contribution in [2.24, 2.45) is 0 Å². The summed E-state index contributed by atoms with van der Waals surface area (Å²) < 4.78 is 0. The minimum absolute atomic E-state index is 0.0564. The van der Waals surface area contributed by atoms with Crippen molar-refractivity contribution in [1.82, 2.24) is 0 Å². The number of hydrogen-bond acceptors (Lipinski definition) is 5. The molecule has 1 aliphatic heterocycles. The summed E-state index contributed by atoms with van der Waals surface area (Å²) in [4.78, 5) is 17.1. The van der Waals surface area contributed by atoms with Crippen LogP contribution in [0.2, 0.25) is 0 Å². The van der Waals surface area contributed by atoms with Gasteiger partial charge in [-0.25, -0.2) is 0 Å². The number of para-hydroxylation sites is 1. The van der Waals surface area contributed by atoms with Gasteiger partial charge in [-0.15, -0.1) is 0 Å². The van der Waals surface area contributed by atoms with Crippen molar-refractivity contribution in [2.45, 2.75) is 60.3 Å². The highest BCUT2D eigenvalue weighted by molar-refractivity contribution is 6.15. The van der Waals surface area contributed by atoms with E-state index < -0.39 is 0 Å². The Morgan fingerprint density at radius 3 is 2.18 bits per heavy atom. The minimum atomic E-state index is -0.316. The van der Waals surface area contributed by atoms with Gasteiger partial charge in [-0.05, 0) is 72.4 Å². The first-order chi connectivity index (χ1) is 18.1. The lowest BCUT2D eigenvalue weighted by atomic mass is 10.1. The number of carbonyl (C=O) groups excluding carboxylic acids is 1. The molecule has 0 bridgehead atoms. The molecule has 202 valence electrons. The summed E-state index contributed by atoms with van der Waals surface area (Å²) in [6.07, 6.45) is 14.2. The molecule has 0 aliphatic carbocycles. The Hall–Kier alpha value is -3.93. The van der Waals surface area contributed by atoms with Crippen LogP contribution in [0.5, 0.6) is 17.2 Å². The predicted octanol–water partition coefficient (Wildman–Crippen LogP) is 7.90. The molecule has 0 fully saturated rings. The number of phenols is 3. The van der Waals surface area contributed by atoms with Crippen molar-refractivity contribution in [3.8, 4) is 17.2 Å². The van der Waals surface area contributed by atoms with Crippen molar-refractivity contribution >= 4 is 23.0 Å². The second-order valence-electron chi connectivity index (χ2n) is 10.1. The zero-order valence-corrected chi connectivity index (χ0v) is 23.2. The van der Waals surface area contributed by atoms with E-state index in [1.165, 1.54) is 29.3 Å². The Labute approximate surface area is 226 Å². The van der Waals surface area contributed by atoms with Crippen molar-refractivity contribution in [3.05, 3.63) is 83.0 Å². The lowest BCUT2D eigenvalue weighted by Crippen LogP contribution is -2.30. The maximum Gasteiger partial charge on any atom is 0.260 e. The highest BCUT2D eigenvalue weighted by Gasteiger charge is 2.34. The fraction of sp³-hybridized carbons (Fsp3) is 0.344. The van der Waals surface area contributed by atoms with E-state index in [0.29, 0.717) is 29.2 Å². The van der Waals surface area contributed by atoms with Gasteiger partial charge in [0.15, 0.2) is 0 Å². The maximum absolute atomic E-state index is 13.8. The number of phenolic OH excluding ortho intramolecular Hbond substituents is 3. The Balaban J connectivity index is 1.93. The molecule has 2 aromatic carbocycles. The average molecular weight is 517 g/mol. The van der Waals surface area contributed by atoms with Gasteiger partial charge in [0, 0.05) is 25.2 Å². The number of anilines is 3. The topological polar surface area (TPSA) is 84.2 Å². The maximum atomic E-state index is 13.8. The number of rotatable bonds is 10. The van der Waals surface area contributed by atoms with E-state index in [9.17, 15) is 20.1 Å². The third kappa shape index (κ3) is 6.88. The molecule has 3 rings (SSSR count). The monoisotopic (exact) mass is 516 g/mol. The van der Waals surface area contributed by atoms with Gasteiger partial charge in [0.1, 0.15) is 22.9 Å². The minimum Gasteiger partial charge on any atom is -0.508 e. The molecular weight excluding hydrogens is 476 g/mol. The van der Waals surface area contributed by atoms with Crippen LogP contribution in [0.3, 0.4) is 0 Å². The number of hydrogen-bond donors (Lipinski definition) is 3. The number of carbonyl (C=O) groups is 1. The largest absolute Gasteiger partial charge is 0.508 e. The van der Waals surface area contributed by atoms with E-state index in [1.54, 1.807) is 21.9 Å². The first kappa shape index (κ1) is 28.6. The average Bonchev–Trinajstić information content (AvgIpc) is 2.94. The lowest BCUT2D eigenvalue weighted by Gasteiger charge is -2.27. The van der Waals surface area contributed by atoms with Gasteiger partial charge in [-0.3, -0.25) is 4.79 Å². The summed E-state index contributed by atoms with van der Waals surface area (Å²) in [7, 11) is 0. The molecular formula is C32H40N2O4. The number of nitrogens with zero attached hydrogens (tertiary/aromatic N) is 2. The number of benzene rings is 2. The number of allylic oxidation sites excluding steroid dienone is 6. The molecule has 1 heterocycles. The molecule has 0 radical (unpaired) electrons. The van der Waals surface area contributed by atoms with Crippen LogP contribution in [0.4, 0.5) is 17.1 Å². The van der Waals surface area contributed by atoms with E-state index in [-0.39, 0.29) is 29.7 Å². The van der Waals surface area contributed by atoms with Crippen LogP contribution in [0.15, 0.2) is 77.4 Å². The van der Waals surface area contributed by atoms with Gasteiger partial charge in [-0.2, -0.15) is 0 Å². The zero-order chi connectivity index (χ0) is 27.8. The van der Waals surface area contributed by atoms with Gasteiger partial charge in [-0.1, -0.05) is 53.2 Å². The zero-order valence-electron chi connectivity index (χ0n) is 23.2. The molecule has 2 aromatic rings. The molecule has 6 heteroatoms. The molecule has 3 N–H and O–H groups in total. The van der Waals surface area contributed by atoms with Crippen LogP contribution in [0, 0.1) is 0 Å². The standard InChI is InChI=1S/C32H40N2O4/c1-6-7-18-34-30-26(15-10-16-28(30)36)32(38)33(27-20-25(35)21-29(37)31(27)34)19-17-24(5)14-9-13-23(4)12-8-11-22(2)3/h6-7,10-11,13,15-17,20-21,35-37H,8-9,12,14,18-19H2,1-5H3. The van der Waals surface area contributed by atoms with Crippen molar-refractivity contribution in [3.63, 3.8) is 0 Å². The summed E-state index contributed by atoms with van der Waals surface area (Å²) >= 11 is 0. The first-order valence-electron chi connectivity index (χ1n) is 13.2. The summed E-state index contributed by atoms with van der Waals surface area (Å²) in [5.74, 6) is -0.689. The van der Waals surface area contributed by atoms with E-state index in [4.69, 9.17) is 0 Å². The van der Waals surface area contributed by atoms with Crippen LogP contribution < -0.4 is 9.80 Å². The predicted molar refractivity (Wildman–Crippen MR) is 157 cm³/mol. The SMILES string of the molecule is CC=CCN1c2c(O)cccc2C(=O)N(CC=C(C)CCC=C(C)CCC=C(C)C)c2cc(O)cc(O)c21. The molecule has 0 saturated heterocycles. The fourth-order valence-corrected chi connectivity index (χ4v) is 4.59. The first-order valence-corrected chi connectivity index (χ1v) is 13.2. The highest BCUT2D eigenvalue weighted by Crippen LogP contribution is 2.50. The van der Waals surface area contributed by atoms with Crippen LogP contribution in [-0.4, -0.2) is 34.3 Å². The van der Waals surface area contributed by atoms with Crippen LogP contribution in [0.25, 0.3) is 0 Å². The summed E-state index contributed by atoms with van der Waals surface area (Å²) in [6, 6.07) is 7.58. The van der Waals surface area contributed by atoms with E-state index >= 15 is 0 Å². The van der Waals surface area contributed by atoms with Crippen molar-refractivity contribution in [1.29, 1.82) is 0 Å². The number of amides is 1. The second-order valence-corrected chi connectivity index (χ2v) is 10.1. The highest BCUT2D eigenvalue weighted by atomic mass is 16.3. The van der Waals surface area contributed by atoms with E-state index in [1.807, 2.05) is 32.1 Å². The third-order valence-corrected chi connectivity index (χ3v) is 6.64. The summed E-state index contributed by atoms with van der Waals surface area (Å²) in [6.45, 7) is 10.9. The van der Waals surface area contributed by atoms with Crippen molar-refractivity contribution < 1.29 is 20.1 Å². The molecule has 0 aromatic heterocycles. The Kier molecular flexibility index (Phi) is 9.83. The van der Waals surface area contributed by atoms with Crippen LogP contribution in [-0.2, 0) is 0 Å². The Morgan fingerprint density at radius 2 is 1.50 bits per heavy atom. The fourth-order valence-electron chi connectivity index (χ4n) is 4.59. The van der Waals surface area contributed by atoms with E-state index in [2.05, 4.69) is 32.9 Å². The lowest BCUT2D eigenvalue weighted by molar-refractivity contribution is 0.0990. The van der Waals surface area contributed by atoms with Crippen LogP contribution in [0.1, 0.15) is 70.7 Å². The Bertz CT molecular complexity index is 1280.